The van der Waals surface area contributed by atoms with E-state index >= 15 is 0 Å². The number of allylic oxidation sites excluding steroid dienone is 1. The van der Waals surface area contributed by atoms with E-state index < -0.39 is 90.5 Å². The minimum absolute atomic E-state index is 0.131. The van der Waals surface area contributed by atoms with Crippen LogP contribution in [0.2, 0.25) is 0 Å². The zero-order valence-corrected chi connectivity index (χ0v) is 18.1. The Morgan fingerprint density at radius 2 is 2.27 bits per heavy atom. The molecule has 0 amide bonds. The maximum atomic E-state index is 14.4. The van der Waals surface area contributed by atoms with Crippen molar-refractivity contribution in [2.75, 3.05) is 32.4 Å². The van der Waals surface area contributed by atoms with Crippen LogP contribution in [-0.2, 0) is 11.2 Å². The number of nitriles is 1. The number of ether oxygens (including phenoxy) is 1. The van der Waals surface area contributed by atoms with Gasteiger partial charge in [0.05, 0.1) is 34.3 Å². The highest BCUT2D eigenvalue weighted by molar-refractivity contribution is 5.98. The van der Waals surface area contributed by atoms with Crippen molar-refractivity contribution in [3.63, 3.8) is 0 Å². The maximum absolute atomic E-state index is 14.4. The zero-order valence-electron chi connectivity index (χ0n) is 29.1. The van der Waals surface area contributed by atoms with E-state index in [4.69, 9.17) is 19.8 Å². The SMILES string of the molecule is [2H]c1nc2c([2H])c(OC([2H])([2H])C)c(CC(=O)/C=C/CN(C)C([2H])([2H])[2H])c([2H])c2c(Nc2c([2H])c([2H])c(F)c(C)c2[2H])c1C#N. The van der Waals surface area contributed by atoms with E-state index in [1.807, 2.05) is 0 Å². The third-order valence-corrected chi connectivity index (χ3v) is 4.34. The Morgan fingerprint density at radius 1 is 1.45 bits per heavy atom. The molecule has 33 heavy (non-hydrogen) atoms. The summed E-state index contributed by atoms with van der Waals surface area (Å²) < 4.78 is 108. The minimum atomic E-state index is -2.42. The van der Waals surface area contributed by atoms with Crippen LogP contribution in [0.4, 0.5) is 15.8 Å². The van der Waals surface area contributed by atoms with Gasteiger partial charge in [-0.1, -0.05) is 6.08 Å². The van der Waals surface area contributed by atoms with E-state index in [0.717, 1.165) is 17.9 Å². The number of nitrogens with zero attached hydrogens (tertiary/aromatic N) is 3. The number of halogens is 1. The molecular weight excluding hydrogens is 419 g/mol. The van der Waals surface area contributed by atoms with Crippen LogP contribution in [-0.4, -0.2) is 42.8 Å². The van der Waals surface area contributed by atoms with Crippen LogP contribution in [0.15, 0.2) is 48.5 Å². The number of nitrogens with one attached hydrogen (secondary N) is 1. The molecule has 1 heterocycles. The number of anilines is 2. The highest BCUT2D eigenvalue weighted by atomic mass is 19.1. The molecule has 2 aromatic carbocycles. The first-order valence-corrected chi connectivity index (χ1v) is 9.70. The summed E-state index contributed by atoms with van der Waals surface area (Å²) in [4.78, 5) is 17.9. The van der Waals surface area contributed by atoms with Crippen molar-refractivity contribution in [2.24, 2.45) is 0 Å². The van der Waals surface area contributed by atoms with Gasteiger partial charge in [-0.2, -0.15) is 5.26 Å². The number of ketones is 1. The van der Waals surface area contributed by atoms with Gasteiger partial charge >= 0.3 is 0 Å². The molecule has 3 rings (SSSR count). The fraction of sp³-hybridized carbons (Fsp3) is 0.269. The second-order valence-corrected chi connectivity index (χ2v) is 6.91. The van der Waals surface area contributed by atoms with Crippen molar-refractivity contribution in [1.82, 2.24) is 9.88 Å². The number of hydrogen-bond donors (Lipinski definition) is 1. The number of carbonyl (C=O) groups is 1. The molecule has 1 aromatic heterocycles. The van der Waals surface area contributed by atoms with Gasteiger partial charge in [0.2, 0.25) is 0 Å². The highest BCUT2D eigenvalue weighted by Gasteiger charge is 2.16. The van der Waals surface area contributed by atoms with E-state index in [0.29, 0.717) is 0 Å². The molecule has 0 aliphatic rings. The predicted molar refractivity (Wildman–Crippen MR) is 128 cm³/mol. The number of likely N-dealkylation sites (N-methyl/N-ethyl adjacent to an activating group) is 1. The second-order valence-electron chi connectivity index (χ2n) is 6.91. The van der Waals surface area contributed by atoms with Gasteiger partial charge in [0, 0.05) is 45.9 Å². The molecule has 3 aromatic rings. The lowest BCUT2D eigenvalue weighted by Crippen LogP contribution is -2.11. The van der Waals surface area contributed by atoms with E-state index in [-0.39, 0.29) is 28.7 Å². The number of hydrogen-bond acceptors (Lipinski definition) is 6. The molecule has 6 nitrogen and oxygen atoms in total. The third kappa shape index (κ3) is 5.93. The van der Waals surface area contributed by atoms with Crippen molar-refractivity contribution >= 4 is 28.1 Å². The number of pyridine rings is 1. The van der Waals surface area contributed by atoms with Gasteiger partial charge in [-0.3, -0.25) is 9.78 Å². The van der Waals surface area contributed by atoms with Crippen LogP contribution >= 0.6 is 0 Å². The summed E-state index contributed by atoms with van der Waals surface area (Å²) in [6.07, 6.45) is 1.01. The number of fused-ring (bicyclic) bond motifs is 1. The number of rotatable bonds is 9. The number of aromatic nitrogens is 1. The number of carbonyl (C=O) groups excluding carboxylic acids is 1. The molecule has 7 heteroatoms. The summed E-state index contributed by atoms with van der Waals surface area (Å²) in [5.41, 5.74) is -2.27. The summed E-state index contributed by atoms with van der Waals surface area (Å²) in [6.45, 7) is -2.72. The Kier molecular flexibility index (Phi) is 4.24. The molecule has 0 unspecified atom stereocenters. The van der Waals surface area contributed by atoms with Crippen molar-refractivity contribution in [1.29, 1.82) is 5.26 Å². The Bertz CT molecular complexity index is 1700. The van der Waals surface area contributed by atoms with Gasteiger partial charge in [-0.05, 0) is 63.7 Å². The lowest BCUT2D eigenvalue weighted by atomic mass is 10.0. The molecule has 0 aliphatic heterocycles. The van der Waals surface area contributed by atoms with Crippen LogP contribution < -0.4 is 10.1 Å². The molecule has 0 bridgehead atoms. The summed E-state index contributed by atoms with van der Waals surface area (Å²) in [5, 5.41) is 12.2. The first-order chi connectivity index (χ1) is 20.2. The zero-order chi connectivity index (χ0) is 33.5. The van der Waals surface area contributed by atoms with Crippen molar-refractivity contribution in [3.05, 3.63) is 71.0 Å². The standard InChI is InChI=1S/C26H27FN4O2/c1-5-33-25-14-24-22(13-18(25)12-21(32)7-6-10-31(3)4)26(19(15-28)16-29-24)30-20-8-9-23(27)17(2)11-20/h6-9,11,13-14,16H,5,10,12H2,1-4H3,(H,29,30)/b7-6+/i3D3,5D2,8D,9D,11D,13D,14D,16D. The fourth-order valence-electron chi connectivity index (χ4n) is 2.84. The van der Waals surface area contributed by atoms with Crippen LogP contribution in [0, 0.1) is 24.1 Å². The molecule has 0 fully saturated rings. The highest BCUT2D eigenvalue weighted by Crippen LogP contribution is 2.34. The monoisotopic (exact) mass is 457 g/mol. The normalized spacial score (nSPS) is 16.8. The van der Waals surface area contributed by atoms with Gasteiger partial charge in [-0.15, -0.1) is 0 Å². The van der Waals surface area contributed by atoms with Crippen LogP contribution in [0.3, 0.4) is 0 Å². The number of benzene rings is 2. The van der Waals surface area contributed by atoms with E-state index in [2.05, 4.69) is 10.3 Å². The fourth-order valence-corrected chi connectivity index (χ4v) is 2.84. The average molecular weight is 458 g/mol. The van der Waals surface area contributed by atoms with Gasteiger partial charge in [0.1, 0.15) is 17.6 Å². The molecule has 0 atom stereocenters. The summed E-state index contributed by atoms with van der Waals surface area (Å²) >= 11 is 0. The Morgan fingerprint density at radius 3 is 3.00 bits per heavy atom. The smallest absolute Gasteiger partial charge is 0.159 e. The van der Waals surface area contributed by atoms with Crippen LogP contribution in [0.5, 0.6) is 5.75 Å². The van der Waals surface area contributed by atoms with Crippen LogP contribution in [0.1, 0.15) is 38.7 Å². The van der Waals surface area contributed by atoms with Crippen LogP contribution in [0.25, 0.3) is 10.9 Å². The molecule has 0 radical (unpaired) electrons. The van der Waals surface area contributed by atoms with E-state index in [1.54, 1.807) is 6.07 Å². The summed E-state index contributed by atoms with van der Waals surface area (Å²) in [6, 6.07) is -1.59. The summed E-state index contributed by atoms with van der Waals surface area (Å²) in [7, 11) is 1.32. The molecule has 0 saturated heterocycles. The molecule has 0 saturated carbocycles. The Balaban J connectivity index is 2.33. The van der Waals surface area contributed by atoms with Crippen molar-refractivity contribution in [2.45, 2.75) is 20.3 Å². The quantitative estimate of drug-likeness (QED) is 0.459. The van der Waals surface area contributed by atoms with Crippen molar-refractivity contribution in [3.8, 4) is 11.8 Å². The van der Waals surface area contributed by atoms with Crippen molar-refractivity contribution < 1.29 is 29.0 Å². The average Bonchev–Trinajstić information content (AvgIpc) is 2.92. The molecule has 170 valence electrons. The molecular formula is C26H27FN4O2. The van der Waals surface area contributed by atoms with Gasteiger partial charge < -0.3 is 15.0 Å². The lowest BCUT2D eigenvalue weighted by molar-refractivity contribution is -0.114. The first kappa shape index (κ1) is 13.1. The Hall–Kier alpha value is -3.76. The topological polar surface area (TPSA) is 78.2 Å². The largest absolute Gasteiger partial charge is 0.494 e. The Labute approximate surface area is 208 Å². The van der Waals surface area contributed by atoms with E-state index in [9.17, 15) is 14.4 Å². The van der Waals surface area contributed by atoms with Gasteiger partial charge in [-0.25, -0.2) is 4.39 Å². The molecule has 0 aliphatic carbocycles. The molecule has 1 N–H and O–H groups in total. The van der Waals surface area contributed by atoms with Gasteiger partial charge in [0.25, 0.3) is 0 Å². The first-order valence-electron chi connectivity index (χ1n) is 15.2. The minimum Gasteiger partial charge on any atom is -0.494 e. The second kappa shape index (κ2) is 10.7. The maximum Gasteiger partial charge on any atom is 0.159 e. The van der Waals surface area contributed by atoms with E-state index in [1.165, 1.54) is 20.0 Å². The lowest BCUT2D eigenvalue weighted by Gasteiger charge is -2.15. The van der Waals surface area contributed by atoms with Gasteiger partial charge in [0.15, 0.2) is 5.78 Å². The molecule has 0 spiro atoms. The summed E-state index contributed by atoms with van der Waals surface area (Å²) in [5.74, 6) is -2.31. The third-order valence-electron chi connectivity index (χ3n) is 4.34. The predicted octanol–water partition coefficient (Wildman–Crippen LogP) is 4.93.